The smallest absolute Gasteiger partial charge is 0.0545 e. The second-order valence-corrected chi connectivity index (χ2v) is 5.84. The van der Waals surface area contributed by atoms with Gasteiger partial charge in [-0.3, -0.25) is 0 Å². The minimum Gasteiger partial charge on any atom is -0.313 e. The van der Waals surface area contributed by atoms with Crippen LogP contribution in [0.2, 0.25) is 5.02 Å². The van der Waals surface area contributed by atoms with Gasteiger partial charge in [-0.15, -0.1) is 11.8 Å². The summed E-state index contributed by atoms with van der Waals surface area (Å²) in [6.07, 6.45) is 1.23. The van der Waals surface area contributed by atoms with E-state index in [1.807, 2.05) is 11.8 Å². The van der Waals surface area contributed by atoms with Gasteiger partial charge in [-0.25, -0.2) is 0 Å². The summed E-state index contributed by atoms with van der Waals surface area (Å²) in [5, 5.41) is 4.19. The van der Waals surface area contributed by atoms with Gasteiger partial charge in [0.25, 0.3) is 0 Å². The predicted octanol–water partition coefficient (Wildman–Crippen LogP) is 4.59. The molecule has 0 fully saturated rings. The van der Waals surface area contributed by atoms with Gasteiger partial charge < -0.3 is 5.32 Å². The van der Waals surface area contributed by atoms with Crippen molar-refractivity contribution >= 4 is 23.4 Å². The number of hydrogen-bond acceptors (Lipinski definition) is 2. The molecule has 0 spiro atoms. The van der Waals surface area contributed by atoms with E-state index in [1.165, 1.54) is 16.9 Å². The highest BCUT2D eigenvalue weighted by Gasteiger charge is 2.05. The van der Waals surface area contributed by atoms with Gasteiger partial charge in [0.05, 0.1) is 5.02 Å². The number of benzene rings is 1. The van der Waals surface area contributed by atoms with E-state index >= 15 is 0 Å². The molecule has 0 aliphatic heterocycles. The largest absolute Gasteiger partial charge is 0.313 e. The van der Waals surface area contributed by atoms with Crippen LogP contribution in [0.1, 0.15) is 32.8 Å². The summed E-state index contributed by atoms with van der Waals surface area (Å²) in [6.45, 7) is 8.50. The lowest BCUT2D eigenvalue weighted by Crippen LogP contribution is -2.11. The zero-order chi connectivity index (χ0) is 12.7. The van der Waals surface area contributed by atoms with Crippen LogP contribution in [0, 0.1) is 5.92 Å². The zero-order valence-corrected chi connectivity index (χ0v) is 12.5. The van der Waals surface area contributed by atoms with E-state index < -0.39 is 0 Å². The molecule has 1 aromatic rings. The maximum atomic E-state index is 6.29. The average Bonchev–Trinajstić information content (AvgIpc) is 2.34. The quantitative estimate of drug-likeness (QED) is 0.728. The maximum absolute atomic E-state index is 6.29. The molecule has 0 aliphatic carbocycles. The van der Waals surface area contributed by atoms with Crippen molar-refractivity contribution in [3.63, 3.8) is 0 Å². The second-order valence-electron chi connectivity index (χ2n) is 4.37. The third-order valence-electron chi connectivity index (χ3n) is 2.80. The zero-order valence-electron chi connectivity index (χ0n) is 10.9. The molecule has 3 heteroatoms. The van der Waals surface area contributed by atoms with Crippen LogP contribution >= 0.6 is 23.4 Å². The molecule has 17 heavy (non-hydrogen) atoms. The van der Waals surface area contributed by atoms with Crippen LogP contribution in [-0.4, -0.2) is 12.3 Å². The van der Waals surface area contributed by atoms with E-state index in [4.69, 9.17) is 11.6 Å². The minimum atomic E-state index is 0.748. The first kappa shape index (κ1) is 14.9. The summed E-state index contributed by atoms with van der Waals surface area (Å²) >= 11 is 8.15. The van der Waals surface area contributed by atoms with Crippen LogP contribution in [0.4, 0.5) is 0 Å². The molecular weight excluding hydrogens is 250 g/mol. The Kier molecular flexibility index (Phi) is 7.02. The Morgan fingerprint density at radius 2 is 2.12 bits per heavy atom. The van der Waals surface area contributed by atoms with Crippen LogP contribution in [0.5, 0.6) is 0 Å². The van der Waals surface area contributed by atoms with Crippen LogP contribution in [0.3, 0.4) is 0 Å². The van der Waals surface area contributed by atoms with Crippen molar-refractivity contribution < 1.29 is 0 Å². The molecule has 0 amide bonds. The molecule has 0 saturated heterocycles. The van der Waals surface area contributed by atoms with E-state index in [1.54, 1.807) is 0 Å². The summed E-state index contributed by atoms with van der Waals surface area (Å²) in [5.41, 5.74) is 1.25. The molecule has 0 radical (unpaired) electrons. The van der Waals surface area contributed by atoms with Gasteiger partial charge in [-0.05, 0) is 30.2 Å². The molecule has 1 atom stereocenters. The molecule has 0 saturated carbocycles. The molecule has 1 rings (SSSR count). The molecule has 1 N–H and O–H groups in total. The Morgan fingerprint density at radius 3 is 2.71 bits per heavy atom. The summed E-state index contributed by atoms with van der Waals surface area (Å²) in [6, 6.07) is 6.37. The third kappa shape index (κ3) is 5.33. The molecular formula is C14H22ClNS. The highest BCUT2D eigenvalue weighted by Crippen LogP contribution is 2.29. The molecule has 0 aromatic heterocycles. The van der Waals surface area contributed by atoms with Gasteiger partial charge in [0.2, 0.25) is 0 Å². The Hall–Kier alpha value is -0.180. The third-order valence-corrected chi connectivity index (χ3v) is 4.62. The second kappa shape index (κ2) is 8.02. The van der Waals surface area contributed by atoms with E-state index in [9.17, 15) is 0 Å². The molecule has 0 heterocycles. The Balaban J connectivity index is 2.56. The first-order chi connectivity index (χ1) is 8.17. The number of hydrogen-bond donors (Lipinski definition) is 1. The lowest BCUT2D eigenvalue weighted by atomic mass is 10.2. The Bertz CT molecular complexity index is 341. The van der Waals surface area contributed by atoms with Crippen LogP contribution < -0.4 is 5.32 Å². The number of thioether (sulfide) groups is 1. The molecule has 1 unspecified atom stereocenters. The molecule has 1 aromatic carbocycles. The van der Waals surface area contributed by atoms with Gasteiger partial charge in [-0.1, -0.05) is 44.9 Å². The van der Waals surface area contributed by atoms with Crippen molar-refractivity contribution in [1.82, 2.24) is 5.32 Å². The van der Waals surface area contributed by atoms with Crippen molar-refractivity contribution in [2.24, 2.45) is 5.92 Å². The standard InChI is InChI=1S/C14H22ClNS/c1-4-11(3)10-17-14-7-6-12(8-13(14)15)9-16-5-2/h6-8,11,16H,4-5,9-10H2,1-3H3. The van der Waals surface area contributed by atoms with Crippen molar-refractivity contribution in [1.29, 1.82) is 0 Å². The molecule has 0 bridgehead atoms. The van der Waals surface area contributed by atoms with Gasteiger partial charge in [-0.2, -0.15) is 0 Å². The topological polar surface area (TPSA) is 12.0 Å². The van der Waals surface area contributed by atoms with Gasteiger partial charge in [0.15, 0.2) is 0 Å². The van der Waals surface area contributed by atoms with Crippen molar-refractivity contribution in [3.05, 3.63) is 28.8 Å². The molecule has 1 nitrogen and oxygen atoms in total. The van der Waals surface area contributed by atoms with Crippen LogP contribution in [0.15, 0.2) is 23.1 Å². The van der Waals surface area contributed by atoms with Crippen LogP contribution in [-0.2, 0) is 6.54 Å². The Labute approximate surface area is 114 Å². The fourth-order valence-corrected chi connectivity index (χ4v) is 2.82. The van der Waals surface area contributed by atoms with E-state index in [0.29, 0.717) is 0 Å². The van der Waals surface area contributed by atoms with E-state index in [0.717, 1.165) is 29.8 Å². The summed E-state index contributed by atoms with van der Waals surface area (Å²) in [4.78, 5) is 1.20. The average molecular weight is 272 g/mol. The van der Waals surface area contributed by atoms with Crippen molar-refractivity contribution in [3.8, 4) is 0 Å². The molecule has 96 valence electrons. The predicted molar refractivity (Wildman–Crippen MR) is 79.0 cm³/mol. The summed E-state index contributed by atoms with van der Waals surface area (Å²) in [7, 11) is 0. The van der Waals surface area contributed by atoms with E-state index in [-0.39, 0.29) is 0 Å². The summed E-state index contributed by atoms with van der Waals surface area (Å²) in [5.74, 6) is 1.89. The van der Waals surface area contributed by atoms with Crippen LogP contribution in [0.25, 0.3) is 0 Å². The van der Waals surface area contributed by atoms with Crippen molar-refractivity contribution in [2.75, 3.05) is 12.3 Å². The highest BCUT2D eigenvalue weighted by atomic mass is 35.5. The monoisotopic (exact) mass is 271 g/mol. The fourth-order valence-electron chi connectivity index (χ4n) is 1.39. The number of halogens is 1. The summed E-state index contributed by atoms with van der Waals surface area (Å²) < 4.78 is 0. The van der Waals surface area contributed by atoms with Gasteiger partial charge in [0, 0.05) is 17.2 Å². The minimum absolute atomic E-state index is 0.748. The lowest BCUT2D eigenvalue weighted by molar-refractivity contribution is 0.637. The van der Waals surface area contributed by atoms with Gasteiger partial charge in [0.1, 0.15) is 0 Å². The molecule has 0 aliphatic rings. The number of rotatable bonds is 7. The SMILES string of the molecule is CCNCc1ccc(SCC(C)CC)c(Cl)c1. The Morgan fingerprint density at radius 1 is 1.35 bits per heavy atom. The maximum Gasteiger partial charge on any atom is 0.0545 e. The first-order valence-electron chi connectivity index (χ1n) is 6.29. The van der Waals surface area contributed by atoms with E-state index in [2.05, 4.69) is 44.3 Å². The lowest BCUT2D eigenvalue weighted by Gasteiger charge is -2.10. The van der Waals surface area contributed by atoms with Crippen molar-refractivity contribution in [2.45, 2.75) is 38.6 Å². The van der Waals surface area contributed by atoms with Gasteiger partial charge >= 0.3 is 0 Å². The highest BCUT2D eigenvalue weighted by molar-refractivity contribution is 7.99. The first-order valence-corrected chi connectivity index (χ1v) is 7.65. The fraction of sp³-hybridized carbons (Fsp3) is 0.571. The normalized spacial score (nSPS) is 12.7. The number of nitrogens with one attached hydrogen (secondary N) is 1.